The van der Waals surface area contributed by atoms with Crippen LogP contribution in [0.1, 0.15) is 93.2 Å². The highest BCUT2D eigenvalue weighted by Gasteiger charge is 2.49. The molecule has 1 aliphatic heterocycles. The highest BCUT2D eigenvalue weighted by Crippen LogP contribution is 2.40. The third-order valence-corrected chi connectivity index (χ3v) is 13.3. The predicted molar refractivity (Wildman–Crippen MR) is 183 cm³/mol. The Labute approximate surface area is 284 Å². The van der Waals surface area contributed by atoms with Crippen molar-refractivity contribution in [1.29, 1.82) is 0 Å². The molecule has 2 amide bonds. The van der Waals surface area contributed by atoms with Gasteiger partial charge in [-0.25, -0.2) is 18.4 Å². The second-order valence-corrected chi connectivity index (χ2v) is 20.0. The maximum Gasteiger partial charge on any atom is 0.410 e. The van der Waals surface area contributed by atoms with E-state index in [9.17, 15) is 28.3 Å². The largest absolute Gasteiger partial charge is 0.478 e. The molecule has 0 bridgehead atoms. The van der Waals surface area contributed by atoms with Gasteiger partial charge in [0.15, 0.2) is 8.32 Å². The lowest BCUT2D eigenvalue weighted by molar-refractivity contribution is 0.000335. The second-order valence-electron chi connectivity index (χ2n) is 15.2. The molecule has 2 aromatic carbocycles. The van der Waals surface area contributed by atoms with E-state index in [0.717, 1.165) is 12.5 Å². The molecule has 2 aromatic rings. The molecule has 48 heavy (non-hydrogen) atoms. The number of aryl methyl sites for hydroxylation is 1. The summed E-state index contributed by atoms with van der Waals surface area (Å²) in [6, 6.07) is 5.93. The van der Waals surface area contributed by atoms with E-state index in [-0.39, 0.29) is 40.8 Å². The molecule has 0 saturated carbocycles. The van der Waals surface area contributed by atoms with E-state index in [4.69, 9.17) is 13.9 Å². The van der Waals surface area contributed by atoms with Gasteiger partial charge in [-0.2, -0.15) is 0 Å². The van der Waals surface area contributed by atoms with Gasteiger partial charge in [-0.15, -0.1) is 0 Å². The van der Waals surface area contributed by atoms with Crippen LogP contribution in [0, 0.1) is 18.6 Å². The topological polar surface area (TPSA) is 114 Å². The molecule has 1 fully saturated rings. The van der Waals surface area contributed by atoms with E-state index < -0.39 is 61.7 Å². The van der Waals surface area contributed by atoms with Crippen molar-refractivity contribution >= 4 is 26.3 Å². The zero-order chi connectivity index (χ0) is 36.2. The lowest BCUT2D eigenvalue weighted by Crippen LogP contribution is -2.60. The first-order chi connectivity index (χ1) is 22.1. The fraction of sp³-hybridized carbons (Fsp3) is 0.583. The number of likely N-dealkylation sites (tertiary alicyclic amines) is 1. The molecule has 0 unspecified atom stereocenters. The minimum Gasteiger partial charge on any atom is -0.478 e. The molecule has 0 aromatic heterocycles. The number of carboxylic acids is 1. The van der Waals surface area contributed by atoms with Crippen LogP contribution in [0.3, 0.4) is 0 Å². The zero-order valence-electron chi connectivity index (χ0n) is 29.9. The number of carbonyl (C=O) groups excluding carboxylic acids is 2. The molecule has 266 valence electrons. The summed E-state index contributed by atoms with van der Waals surface area (Å²) in [4.78, 5) is 41.1. The SMILES string of the molecule is CCCO[C@@H]1C[C@@H]([C@@H](O[Si](C)(C)C(C)(C)C)[C@H](Cc2cc(F)cc(F)c2)NC(=O)c2cc(C)cc(C(=O)O)c2)N(C(=O)OC(C)(C)C)C1. The van der Waals surface area contributed by atoms with E-state index in [1.165, 1.54) is 24.3 Å². The van der Waals surface area contributed by atoms with Gasteiger partial charge in [0.2, 0.25) is 0 Å². The van der Waals surface area contributed by atoms with Crippen LogP contribution in [0.15, 0.2) is 36.4 Å². The van der Waals surface area contributed by atoms with Crippen LogP contribution in [0.4, 0.5) is 13.6 Å². The maximum atomic E-state index is 14.5. The first-order valence-corrected chi connectivity index (χ1v) is 19.4. The quantitative estimate of drug-likeness (QED) is 0.222. The normalized spacial score (nSPS) is 18.4. The van der Waals surface area contributed by atoms with Crippen LogP contribution < -0.4 is 5.32 Å². The van der Waals surface area contributed by atoms with Crippen molar-refractivity contribution < 1.29 is 42.2 Å². The standard InChI is InChI=1S/C36H52F2N2O7Si/c1-11-12-45-28-20-30(40(21-28)34(44)46-35(3,4)5)31(47-48(9,10)36(6,7)8)29(17-23-15-26(37)19-27(38)16-23)39-32(41)24-13-22(2)14-25(18-24)33(42)43/h13-16,18-19,28-31H,11-12,17,20-21H2,1-10H3,(H,39,41)(H,42,43)/t28-,29+,30+,31+/m1/s1. The van der Waals surface area contributed by atoms with Gasteiger partial charge in [0, 0.05) is 18.2 Å². The van der Waals surface area contributed by atoms with Gasteiger partial charge in [-0.3, -0.25) is 9.69 Å². The Morgan fingerprint density at radius 1 is 1.00 bits per heavy atom. The van der Waals surface area contributed by atoms with Crippen LogP contribution in [0.2, 0.25) is 18.1 Å². The number of amides is 2. The number of nitrogens with zero attached hydrogens (tertiary/aromatic N) is 1. The summed E-state index contributed by atoms with van der Waals surface area (Å²) < 4.78 is 48.1. The summed E-state index contributed by atoms with van der Waals surface area (Å²) in [5, 5.41) is 12.4. The summed E-state index contributed by atoms with van der Waals surface area (Å²) in [5.74, 6) is -3.32. The second kappa shape index (κ2) is 15.5. The fourth-order valence-electron chi connectivity index (χ4n) is 5.54. The van der Waals surface area contributed by atoms with E-state index in [2.05, 4.69) is 39.2 Å². The maximum absolute atomic E-state index is 14.5. The minimum atomic E-state index is -2.66. The van der Waals surface area contributed by atoms with E-state index >= 15 is 0 Å². The average Bonchev–Trinajstić information content (AvgIpc) is 3.36. The van der Waals surface area contributed by atoms with Crippen LogP contribution in [-0.2, 0) is 20.3 Å². The van der Waals surface area contributed by atoms with Crippen molar-refractivity contribution in [1.82, 2.24) is 10.2 Å². The van der Waals surface area contributed by atoms with Crippen LogP contribution in [0.5, 0.6) is 0 Å². The number of carboxylic acid groups (broad SMARTS) is 1. The van der Waals surface area contributed by atoms with Crippen molar-refractivity contribution in [3.8, 4) is 0 Å². The molecule has 1 saturated heterocycles. The predicted octanol–water partition coefficient (Wildman–Crippen LogP) is 7.51. The minimum absolute atomic E-state index is 0.0452. The van der Waals surface area contributed by atoms with Gasteiger partial charge in [0.25, 0.3) is 5.91 Å². The van der Waals surface area contributed by atoms with Crippen molar-refractivity contribution in [2.45, 2.75) is 123 Å². The Bertz CT molecular complexity index is 1450. The summed E-state index contributed by atoms with van der Waals surface area (Å²) in [7, 11) is -2.66. The molecule has 0 spiro atoms. The molecular formula is C36H52F2N2O7Si. The van der Waals surface area contributed by atoms with Crippen molar-refractivity contribution in [2.75, 3.05) is 13.2 Å². The van der Waals surface area contributed by atoms with Gasteiger partial charge >= 0.3 is 12.1 Å². The number of aromatic carboxylic acids is 1. The number of hydrogen-bond donors (Lipinski definition) is 2. The number of nitrogens with one attached hydrogen (secondary N) is 1. The number of halogens is 2. The van der Waals surface area contributed by atoms with Crippen LogP contribution >= 0.6 is 0 Å². The molecule has 12 heteroatoms. The molecule has 0 radical (unpaired) electrons. The molecule has 1 heterocycles. The third kappa shape index (κ3) is 10.6. The number of benzene rings is 2. The molecule has 3 rings (SSSR count). The van der Waals surface area contributed by atoms with Gasteiger partial charge in [-0.05, 0) is 107 Å². The Kier molecular flexibility index (Phi) is 12.6. The number of hydrogen-bond acceptors (Lipinski definition) is 6. The molecule has 1 aliphatic rings. The Morgan fingerprint density at radius 3 is 2.15 bits per heavy atom. The molecule has 2 N–H and O–H groups in total. The number of carbonyl (C=O) groups is 3. The lowest BCUT2D eigenvalue weighted by Gasteiger charge is -2.45. The summed E-state index contributed by atoms with van der Waals surface area (Å²) in [6.45, 7) is 20.0. The van der Waals surface area contributed by atoms with Crippen molar-refractivity contribution in [2.24, 2.45) is 0 Å². The summed E-state index contributed by atoms with van der Waals surface area (Å²) in [6.07, 6.45) is -0.674. The number of ether oxygens (including phenoxy) is 2. The molecule has 9 nitrogen and oxygen atoms in total. The van der Waals surface area contributed by atoms with E-state index in [1.807, 2.05) is 6.92 Å². The molecule has 4 atom stereocenters. The van der Waals surface area contributed by atoms with Gasteiger partial charge in [0.1, 0.15) is 17.2 Å². The molecule has 0 aliphatic carbocycles. The van der Waals surface area contributed by atoms with Gasteiger partial charge in [0.05, 0.1) is 36.4 Å². The zero-order valence-corrected chi connectivity index (χ0v) is 30.9. The molecular weight excluding hydrogens is 638 g/mol. The monoisotopic (exact) mass is 690 g/mol. The lowest BCUT2D eigenvalue weighted by atomic mass is 9.94. The van der Waals surface area contributed by atoms with E-state index in [0.29, 0.717) is 18.6 Å². The number of rotatable bonds is 12. The van der Waals surface area contributed by atoms with Gasteiger partial charge in [-0.1, -0.05) is 27.7 Å². The first-order valence-electron chi connectivity index (χ1n) is 16.5. The average molecular weight is 691 g/mol. The highest BCUT2D eigenvalue weighted by molar-refractivity contribution is 6.74. The Hall–Kier alpha value is -3.35. The van der Waals surface area contributed by atoms with Crippen molar-refractivity contribution in [3.63, 3.8) is 0 Å². The Morgan fingerprint density at radius 2 is 1.60 bits per heavy atom. The third-order valence-electron chi connectivity index (χ3n) is 8.78. The summed E-state index contributed by atoms with van der Waals surface area (Å²) in [5.41, 5.74) is 0.104. The van der Waals surface area contributed by atoms with Crippen molar-refractivity contribution in [3.05, 3.63) is 70.3 Å². The smallest absolute Gasteiger partial charge is 0.410 e. The highest BCUT2D eigenvalue weighted by atomic mass is 28.4. The van der Waals surface area contributed by atoms with Crippen LogP contribution in [-0.4, -0.2) is 79.3 Å². The van der Waals surface area contributed by atoms with Gasteiger partial charge < -0.3 is 24.3 Å². The van der Waals surface area contributed by atoms with E-state index in [1.54, 1.807) is 38.7 Å². The Balaban J connectivity index is 2.21. The fourth-order valence-corrected chi connectivity index (χ4v) is 6.90. The first kappa shape index (κ1) is 39.1. The van der Waals surface area contributed by atoms with Crippen LogP contribution in [0.25, 0.3) is 0 Å². The summed E-state index contributed by atoms with van der Waals surface area (Å²) >= 11 is 0.